The Bertz CT molecular complexity index is 982. The molecule has 3 nitrogen and oxygen atoms in total. The third kappa shape index (κ3) is 3.75. The number of rotatable bonds is 3. The second kappa shape index (κ2) is 6.86. The van der Waals surface area contributed by atoms with Gasteiger partial charge in [-0.05, 0) is 49.7 Å². The monoisotopic (exact) mass is 332 g/mol. The average Bonchev–Trinajstić information content (AvgIpc) is 2.90. The van der Waals surface area contributed by atoms with Crippen LogP contribution < -0.4 is 0 Å². The number of carboxylic acid groups (broad SMARTS) is 1. The molecular formula is C22H20O3. The predicted octanol–water partition coefficient (Wildman–Crippen LogP) is 4.71. The quantitative estimate of drug-likeness (QED) is 0.707. The number of hydrogen-bond donors (Lipinski definition) is 1. The van der Waals surface area contributed by atoms with Gasteiger partial charge < -0.3 is 9.52 Å². The van der Waals surface area contributed by atoms with Gasteiger partial charge in [0.15, 0.2) is 0 Å². The van der Waals surface area contributed by atoms with Gasteiger partial charge in [-0.1, -0.05) is 36.5 Å². The first-order valence-corrected chi connectivity index (χ1v) is 8.27. The van der Waals surface area contributed by atoms with E-state index in [1.54, 1.807) is 6.92 Å². The molecule has 2 aromatic carbocycles. The first kappa shape index (κ1) is 16.9. The van der Waals surface area contributed by atoms with Gasteiger partial charge in [0.2, 0.25) is 0 Å². The Balaban J connectivity index is 1.91. The Kier molecular flexibility index (Phi) is 4.63. The third-order valence-electron chi connectivity index (χ3n) is 4.35. The van der Waals surface area contributed by atoms with E-state index in [-0.39, 0.29) is 0 Å². The zero-order chi connectivity index (χ0) is 18.0. The van der Waals surface area contributed by atoms with Crippen molar-refractivity contribution in [3.8, 4) is 11.8 Å². The van der Waals surface area contributed by atoms with Gasteiger partial charge in [0.25, 0.3) is 0 Å². The standard InChI is InChI=1S/C22H20O3/c1-14-4-6-17(7-5-14)8-9-18-10-11-20-19(13-18)16(3)21(25-20)12-15(2)22(23)24/h4-7,10-11,13,15H,12H2,1-3H3,(H,23,24)/t15-/m1/s1. The highest BCUT2D eigenvalue weighted by Gasteiger charge is 2.17. The highest BCUT2D eigenvalue weighted by atomic mass is 16.4. The first-order valence-electron chi connectivity index (χ1n) is 8.27. The number of aliphatic carboxylic acids is 1. The summed E-state index contributed by atoms with van der Waals surface area (Å²) < 4.78 is 5.84. The molecule has 0 saturated heterocycles. The lowest BCUT2D eigenvalue weighted by Gasteiger charge is -2.03. The van der Waals surface area contributed by atoms with Crippen molar-refractivity contribution < 1.29 is 14.3 Å². The summed E-state index contributed by atoms with van der Waals surface area (Å²) in [7, 11) is 0. The SMILES string of the molecule is Cc1ccc(C#Cc2ccc3oc(C[C@@H](C)C(=O)O)c(C)c3c2)cc1. The van der Waals surface area contributed by atoms with E-state index in [9.17, 15) is 4.79 Å². The van der Waals surface area contributed by atoms with Crippen molar-refractivity contribution in [1.29, 1.82) is 0 Å². The number of carbonyl (C=O) groups is 1. The first-order chi connectivity index (χ1) is 11.9. The Hall–Kier alpha value is -2.99. The van der Waals surface area contributed by atoms with E-state index in [2.05, 4.69) is 18.8 Å². The Labute approximate surface area is 147 Å². The molecule has 0 aliphatic heterocycles. The van der Waals surface area contributed by atoms with Gasteiger partial charge in [-0.25, -0.2) is 0 Å². The number of benzene rings is 2. The van der Waals surface area contributed by atoms with Crippen LogP contribution in [-0.4, -0.2) is 11.1 Å². The molecule has 0 amide bonds. The second-order valence-electron chi connectivity index (χ2n) is 6.42. The zero-order valence-corrected chi connectivity index (χ0v) is 14.6. The van der Waals surface area contributed by atoms with E-state index in [1.807, 2.05) is 49.4 Å². The molecule has 1 atom stereocenters. The van der Waals surface area contributed by atoms with Crippen LogP contribution in [0.4, 0.5) is 0 Å². The van der Waals surface area contributed by atoms with E-state index in [0.717, 1.165) is 33.4 Å². The van der Waals surface area contributed by atoms with Gasteiger partial charge in [-0.15, -0.1) is 0 Å². The van der Waals surface area contributed by atoms with Crippen LogP contribution in [0.1, 0.15) is 34.9 Å². The summed E-state index contributed by atoms with van der Waals surface area (Å²) in [5.41, 5.74) is 4.86. The number of hydrogen-bond acceptors (Lipinski definition) is 2. The zero-order valence-electron chi connectivity index (χ0n) is 14.6. The lowest BCUT2D eigenvalue weighted by atomic mass is 10.0. The van der Waals surface area contributed by atoms with Crippen LogP contribution in [0.25, 0.3) is 11.0 Å². The highest BCUT2D eigenvalue weighted by molar-refractivity contribution is 5.84. The molecular weight excluding hydrogens is 312 g/mol. The lowest BCUT2D eigenvalue weighted by Crippen LogP contribution is -2.12. The fourth-order valence-corrected chi connectivity index (χ4v) is 2.69. The van der Waals surface area contributed by atoms with Crippen molar-refractivity contribution in [2.24, 2.45) is 5.92 Å². The molecule has 1 N–H and O–H groups in total. The molecule has 0 bridgehead atoms. The molecule has 0 saturated carbocycles. The number of fused-ring (bicyclic) bond motifs is 1. The summed E-state index contributed by atoms with van der Waals surface area (Å²) in [6.45, 7) is 5.70. The van der Waals surface area contributed by atoms with Gasteiger partial charge in [-0.3, -0.25) is 4.79 Å². The van der Waals surface area contributed by atoms with E-state index in [1.165, 1.54) is 5.56 Å². The molecule has 25 heavy (non-hydrogen) atoms. The average molecular weight is 332 g/mol. The predicted molar refractivity (Wildman–Crippen MR) is 98.6 cm³/mol. The Morgan fingerprint density at radius 3 is 2.40 bits per heavy atom. The summed E-state index contributed by atoms with van der Waals surface area (Å²) in [5, 5.41) is 10.1. The summed E-state index contributed by atoms with van der Waals surface area (Å²) >= 11 is 0. The van der Waals surface area contributed by atoms with Crippen molar-refractivity contribution in [3.05, 3.63) is 70.5 Å². The third-order valence-corrected chi connectivity index (χ3v) is 4.35. The number of aryl methyl sites for hydroxylation is 2. The van der Waals surface area contributed by atoms with Crippen molar-refractivity contribution in [2.75, 3.05) is 0 Å². The molecule has 3 rings (SSSR count). The summed E-state index contributed by atoms with van der Waals surface area (Å²) in [6.07, 6.45) is 0.389. The second-order valence-corrected chi connectivity index (χ2v) is 6.42. The molecule has 0 aliphatic carbocycles. The summed E-state index contributed by atoms with van der Waals surface area (Å²) in [4.78, 5) is 11.1. The Morgan fingerprint density at radius 1 is 1.08 bits per heavy atom. The maximum atomic E-state index is 11.1. The van der Waals surface area contributed by atoms with Crippen LogP contribution in [-0.2, 0) is 11.2 Å². The van der Waals surface area contributed by atoms with Crippen molar-refractivity contribution in [3.63, 3.8) is 0 Å². The molecule has 1 aromatic heterocycles. The molecule has 0 spiro atoms. The minimum absolute atomic E-state index is 0.389. The van der Waals surface area contributed by atoms with Gasteiger partial charge in [0.05, 0.1) is 5.92 Å². The van der Waals surface area contributed by atoms with Crippen LogP contribution in [0.5, 0.6) is 0 Å². The fraction of sp³-hybridized carbons (Fsp3) is 0.227. The van der Waals surface area contributed by atoms with Crippen molar-refractivity contribution in [2.45, 2.75) is 27.2 Å². The Morgan fingerprint density at radius 2 is 1.72 bits per heavy atom. The van der Waals surface area contributed by atoms with Crippen LogP contribution in [0.15, 0.2) is 46.9 Å². The van der Waals surface area contributed by atoms with Crippen LogP contribution in [0.2, 0.25) is 0 Å². The molecule has 0 unspecified atom stereocenters. The largest absolute Gasteiger partial charge is 0.481 e. The topological polar surface area (TPSA) is 50.4 Å². The molecule has 0 radical (unpaired) electrons. The van der Waals surface area contributed by atoms with E-state index in [0.29, 0.717) is 6.42 Å². The normalized spacial score (nSPS) is 11.8. The smallest absolute Gasteiger partial charge is 0.306 e. The van der Waals surface area contributed by atoms with Crippen LogP contribution >= 0.6 is 0 Å². The molecule has 126 valence electrons. The maximum Gasteiger partial charge on any atom is 0.306 e. The maximum absolute atomic E-state index is 11.1. The fourth-order valence-electron chi connectivity index (χ4n) is 2.69. The van der Waals surface area contributed by atoms with Gasteiger partial charge >= 0.3 is 5.97 Å². The van der Waals surface area contributed by atoms with Gasteiger partial charge in [-0.2, -0.15) is 0 Å². The highest BCUT2D eigenvalue weighted by Crippen LogP contribution is 2.28. The van der Waals surface area contributed by atoms with Crippen molar-refractivity contribution in [1.82, 2.24) is 0 Å². The van der Waals surface area contributed by atoms with E-state index in [4.69, 9.17) is 9.52 Å². The minimum Gasteiger partial charge on any atom is -0.481 e. The van der Waals surface area contributed by atoms with Gasteiger partial charge in [0, 0.05) is 22.9 Å². The molecule has 3 aromatic rings. The number of furan rings is 1. The minimum atomic E-state index is -0.815. The van der Waals surface area contributed by atoms with E-state index >= 15 is 0 Å². The molecule has 3 heteroatoms. The van der Waals surface area contributed by atoms with Crippen molar-refractivity contribution >= 4 is 16.9 Å². The lowest BCUT2D eigenvalue weighted by molar-refractivity contribution is -0.141. The molecule has 0 aliphatic rings. The van der Waals surface area contributed by atoms with Crippen LogP contribution in [0, 0.1) is 31.6 Å². The summed E-state index contributed by atoms with van der Waals surface area (Å²) in [6, 6.07) is 13.9. The molecule has 0 fully saturated rings. The summed E-state index contributed by atoms with van der Waals surface area (Å²) in [5.74, 6) is 5.79. The molecule has 1 heterocycles. The van der Waals surface area contributed by atoms with Crippen LogP contribution in [0.3, 0.4) is 0 Å². The van der Waals surface area contributed by atoms with E-state index < -0.39 is 11.9 Å². The van der Waals surface area contributed by atoms with Gasteiger partial charge in [0.1, 0.15) is 11.3 Å². The number of carboxylic acids is 1.